The van der Waals surface area contributed by atoms with Gasteiger partial charge in [0.05, 0.1) is 6.33 Å². The topological polar surface area (TPSA) is 52.2 Å². The number of rotatable bonds is 4. The molecule has 1 fully saturated rings. The van der Waals surface area contributed by atoms with Crippen molar-refractivity contribution in [3.8, 4) is 0 Å². The van der Waals surface area contributed by atoms with Gasteiger partial charge in [0.25, 0.3) is 5.56 Å². The molecule has 0 bridgehead atoms. The summed E-state index contributed by atoms with van der Waals surface area (Å²) in [5.41, 5.74) is -0.0821. The number of likely N-dealkylation sites (N-methyl/N-ethyl adjacent to an activating group) is 1. The third-order valence-corrected chi connectivity index (χ3v) is 3.48. The highest BCUT2D eigenvalue weighted by Gasteiger charge is 2.26. The molecule has 1 atom stereocenters. The zero-order valence-electron chi connectivity index (χ0n) is 10.5. The van der Waals surface area contributed by atoms with E-state index < -0.39 is 0 Å². The van der Waals surface area contributed by atoms with Gasteiger partial charge in [-0.05, 0) is 19.5 Å². The van der Waals surface area contributed by atoms with E-state index in [1.165, 1.54) is 6.33 Å². The number of aromatic amines is 1. The minimum Gasteiger partial charge on any atom is -0.355 e. The molecule has 0 radical (unpaired) electrons. The van der Waals surface area contributed by atoms with E-state index in [-0.39, 0.29) is 5.56 Å². The SMILES string of the molecule is CCN(CC)C1CCN(c2cc(=O)[nH]cn2)C1. The summed E-state index contributed by atoms with van der Waals surface area (Å²) in [6.07, 6.45) is 2.62. The van der Waals surface area contributed by atoms with E-state index in [4.69, 9.17) is 0 Å². The second kappa shape index (κ2) is 5.31. The normalized spacial score (nSPS) is 20.2. The first kappa shape index (κ1) is 12.1. The maximum Gasteiger partial charge on any atom is 0.252 e. The predicted octanol–water partition coefficient (Wildman–Crippen LogP) is 0.690. The Kier molecular flexibility index (Phi) is 3.78. The first-order valence-corrected chi connectivity index (χ1v) is 6.28. The second-order valence-electron chi connectivity index (χ2n) is 4.38. The summed E-state index contributed by atoms with van der Waals surface area (Å²) < 4.78 is 0. The van der Waals surface area contributed by atoms with Crippen LogP contribution in [-0.4, -0.2) is 47.1 Å². The third kappa shape index (κ3) is 2.66. The lowest BCUT2D eigenvalue weighted by Gasteiger charge is -2.26. The molecular weight excluding hydrogens is 216 g/mol. The Morgan fingerprint density at radius 3 is 2.94 bits per heavy atom. The van der Waals surface area contributed by atoms with E-state index in [9.17, 15) is 4.79 Å². The number of aromatic nitrogens is 2. The number of hydrogen-bond donors (Lipinski definition) is 1. The molecule has 1 aromatic heterocycles. The smallest absolute Gasteiger partial charge is 0.252 e. The van der Waals surface area contributed by atoms with Crippen molar-refractivity contribution in [3.05, 3.63) is 22.7 Å². The van der Waals surface area contributed by atoms with Gasteiger partial charge in [0.1, 0.15) is 5.82 Å². The number of hydrogen-bond acceptors (Lipinski definition) is 4. The minimum atomic E-state index is -0.0821. The monoisotopic (exact) mass is 236 g/mol. The van der Waals surface area contributed by atoms with Crippen molar-refractivity contribution in [1.29, 1.82) is 0 Å². The van der Waals surface area contributed by atoms with Crippen LogP contribution in [0.3, 0.4) is 0 Å². The zero-order chi connectivity index (χ0) is 12.3. The lowest BCUT2D eigenvalue weighted by molar-refractivity contribution is 0.232. The number of nitrogens with zero attached hydrogens (tertiary/aromatic N) is 3. The maximum absolute atomic E-state index is 11.2. The Bertz CT molecular complexity index is 413. The van der Waals surface area contributed by atoms with Gasteiger partial charge in [-0.2, -0.15) is 0 Å². The zero-order valence-corrected chi connectivity index (χ0v) is 10.5. The van der Waals surface area contributed by atoms with Crippen LogP contribution in [0, 0.1) is 0 Å². The van der Waals surface area contributed by atoms with Crippen LogP contribution in [0.1, 0.15) is 20.3 Å². The van der Waals surface area contributed by atoms with Crippen LogP contribution in [-0.2, 0) is 0 Å². The second-order valence-corrected chi connectivity index (χ2v) is 4.38. The van der Waals surface area contributed by atoms with E-state index >= 15 is 0 Å². The van der Waals surface area contributed by atoms with E-state index in [0.717, 1.165) is 38.4 Å². The van der Waals surface area contributed by atoms with Crippen molar-refractivity contribution in [3.63, 3.8) is 0 Å². The molecule has 94 valence electrons. The van der Waals surface area contributed by atoms with Crippen molar-refractivity contribution >= 4 is 5.82 Å². The van der Waals surface area contributed by atoms with Gasteiger partial charge < -0.3 is 9.88 Å². The Hall–Kier alpha value is -1.36. The lowest BCUT2D eigenvalue weighted by atomic mass is 10.2. The molecule has 2 rings (SSSR count). The average molecular weight is 236 g/mol. The number of anilines is 1. The van der Waals surface area contributed by atoms with Gasteiger partial charge in [0.2, 0.25) is 0 Å². The molecule has 0 amide bonds. The molecule has 1 aliphatic rings. The van der Waals surface area contributed by atoms with Gasteiger partial charge in [-0.15, -0.1) is 0 Å². The van der Waals surface area contributed by atoms with Gasteiger partial charge >= 0.3 is 0 Å². The predicted molar refractivity (Wildman–Crippen MR) is 68.4 cm³/mol. The molecule has 17 heavy (non-hydrogen) atoms. The Morgan fingerprint density at radius 2 is 2.29 bits per heavy atom. The average Bonchev–Trinajstić information content (AvgIpc) is 2.80. The minimum absolute atomic E-state index is 0.0821. The van der Waals surface area contributed by atoms with E-state index in [2.05, 4.69) is 33.6 Å². The van der Waals surface area contributed by atoms with Crippen LogP contribution in [0.15, 0.2) is 17.2 Å². The Labute approximate surface area is 101 Å². The largest absolute Gasteiger partial charge is 0.355 e. The summed E-state index contributed by atoms with van der Waals surface area (Å²) in [7, 11) is 0. The molecule has 0 aromatic carbocycles. The standard InChI is InChI=1S/C12H20N4O/c1-3-15(4-2)10-5-6-16(8-10)11-7-12(17)14-9-13-11/h7,9-10H,3-6,8H2,1-2H3,(H,13,14,17). The van der Waals surface area contributed by atoms with Gasteiger partial charge in [-0.3, -0.25) is 9.69 Å². The first-order valence-electron chi connectivity index (χ1n) is 6.28. The summed E-state index contributed by atoms with van der Waals surface area (Å²) in [6, 6.07) is 2.16. The van der Waals surface area contributed by atoms with Gasteiger partial charge in [0.15, 0.2) is 0 Å². The summed E-state index contributed by atoms with van der Waals surface area (Å²) in [4.78, 5) is 22.7. The fourth-order valence-corrected chi connectivity index (χ4v) is 2.52. The highest BCUT2D eigenvalue weighted by atomic mass is 16.1. The Balaban J connectivity index is 2.05. The molecule has 0 aliphatic carbocycles. The lowest BCUT2D eigenvalue weighted by Crippen LogP contribution is -2.37. The van der Waals surface area contributed by atoms with E-state index in [1.807, 2.05) is 0 Å². The molecule has 0 saturated carbocycles. The molecule has 1 N–H and O–H groups in total. The maximum atomic E-state index is 11.2. The molecule has 5 heteroatoms. The van der Waals surface area contributed by atoms with Crippen LogP contribution < -0.4 is 10.5 Å². The van der Waals surface area contributed by atoms with Crippen LogP contribution >= 0.6 is 0 Å². The molecule has 1 saturated heterocycles. The first-order chi connectivity index (χ1) is 8.24. The number of nitrogens with one attached hydrogen (secondary N) is 1. The molecule has 5 nitrogen and oxygen atoms in total. The molecule has 1 aliphatic heterocycles. The van der Waals surface area contributed by atoms with Gasteiger partial charge in [-0.25, -0.2) is 4.98 Å². The highest BCUT2D eigenvalue weighted by molar-refractivity contribution is 5.38. The van der Waals surface area contributed by atoms with Crippen LogP contribution in [0.5, 0.6) is 0 Å². The quantitative estimate of drug-likeness (QED) is 0.835. The molecule has 1 unspecified atom stereocenters. The van der Waals surface area contributed by atoms with Crippen molar-refractivity contribution < 1.29 is 0 Å². The van der Waals surface area contributed by atoms with Gasteiger partial charge in [-0.1, -0.05) is 13.8 Å². The van der Waals surface area contributed by atoms with E-state index in [1.54, 1.807) is 6.07 Å². The van der Waals surface area contributed by atoms with Gasteiger partial charge in [0, 0.05) is 25.2 Å². The molecule has 0 spiro atoms. The van der Waals surface area contributed by atoms with Crippen molar-refractivity contribution in [2.75, 3.05) is 31.1 Å². The fourth-order valence-electron chi connectivity index (χ4n) is 2.52. The van der Waals surface area contributed by atoms with Crippen molar-refractivity contribution in [1.82, 2.24) is 14.9 Å². The summed E-state index contributed by atoms with van der Waals surface area (Å²) >= 11 is 0. The highest BCUT2D eigenvalue weighted by Crippen LogP contribution is 2.19. The van der Waals surface area contributed by atoms with Crippen LogP contribution in [0.2, 0.25) is 0 Å². The molecule has 2 heterocycles. The molecular formula is C12H20N4O. The van der Waals surface area contributed by atoms with Crippen molar-refractivity contribution in [2.24, 2.45) is 0 Å². The van der Waals surface area contributed by atoms with E-state index in [0.29, 0.717) is 6.04 Å². The summed E-state index contributed by atoms with van der Waals surface area (Å²) in [5.74, 6) is 0.795. The fraction of sp³-hybridized carbons (Fsp3) is 0.667. The number of H-pyrrole nitrogens is 1. The third-order valence-electron chi connectivity index (χ3n) is 3.48. The molecule has 1 aromatic rings. The van der Waals surface area contributed by atoms with Crippen LogP contribution in [0.4, 0.5) is 5.82 Å². The van der Waals surface area contributed by atoms with Crippen molar-refractivity contribution in [2.45, 2.75) is 26.3 Å². The summed E-state index contributed by atoms with van der Waals surface area (Å²) in [6.45, 7) is 8.50. The summed E-state index contributed by atoms with van der Waals surface area (Å²) in [5, 5.41) is 0. The van der Waals surface area contributed by atoms with Crippen LogP contribution in [0.25, 0.3) is 0 Å². The Morgan fingerprint density at radius 1 is 1.53 bits per heavy atom.